The van der Waals surface area contributed by atoms with Gasteiger partial charge in [0.25, 0.3) is 0 Å². The second-order valence-corrected chi connectivity index (χ2v) is 9.03. The van der Waals surface area contributed by atoms with Crippen molar-refractivity contribution in [3.05, 3.63) is 11.8 Å². The lowest BCUT2D eigenvalue weighted by atomic mass is 9.50. The van der Waals surface area contributed by atoms with E-state index in [9.17, 15) is 9.59 Å². The van der Waals surface area contributed by atoms with Gasteiger partial charge in [-0.3, -0.25) is 9.59 Å². The third-order valence-electron chi connectivity index (χ3n) is 7.69. The summed E-state index contributed by atoms with van der Waals surface area (Å²) < 4.78 is 0. The van der Waals surface area contributed by atoms with Crippen molar-refractivity contribution in [3.8, 4) is 0 Å². The van der Waals surface area contributed by atoms with Crippen molar-refractivity contribution in [3.63, 3.8) is 0 Å². The number of nitrogens with one attached hydrogen (secondary N) is 1. The second kappa shape index (κ2) is 6.77. The normalized spacial score (nSPS) is 42.0. The fourth-order valence-corrected chi connectivity index (χ4v) is 6.19. The summed E-state index contributed by atoms with van der Waals surface area (Å²) in [5, 5.41) is 10.9. The molecule has 0 aromatic heterocycles. The van der Waals surface area contributed by atoms with Crippen LogP contribution in [-0.2, 0) is 9.59 Å². The Kier molecular flexibility index (Phi) is 5.00. The molecular weight excluding hydrogens is 314 g/mol. The molecule has 0 aromatic rings. The predicted molar refractivity (Wildman–Crippen MR) is 97.8 cm³/mol. The first-order chi connectivity index (χ1) is 11.8. The van der Waals surface area contributed by atoms with Gasteiger partial charge in [0.1, 0.15) is 0 Å². The molecule has 2 N–H and O–H groups in total. The largest absolute Gasteiger partial charge is 0.481 e. The van der Waals surface area contributed by atoms with Gasteiger partial charge in [0, 0.05) is 24.0 Å². The lowest BCUT2D eigenvalue weighted by molar-refractivity contribution is -0.136. The standard InChI is InChI=1S/C18H27NO.C3H6O2/c1-17-9-3-4-13(17)12-5-6-15-18(2,14(12)7-10-17)11-8-16(20)19-15;1-2-3(4)5/h6,12-14H,3-5,7-11H2,1-2H3,(H,19,20);2H2,1H3,(H,4,5)/t12?,13?,14?,17-,18+;/m0./s1. The molecule has 0 radical (unpaired) electrons. The Morgan fingerprint density at radius 3 is 2.64 bits per heavy atom. The fraction of sp³-hybridized carbons (Fsp3) is 0.810. The quantitative estimate of drug-likeness (QED) is 0.734. The number of carboxylic acids is 1. The van der Waals surface area contributed by atoms with Gasteiger partial charge in [-0.15, -0.1) is 0 Å². The number of allylic oxidation sites excluding steroid dienone is 2. The van der Waals surface area contributed by atoms with E-state index in [1.54, 1.807) is 6.92 Å². The van der Waals surface area contributed by atoms with E-state index in [-0.39, 0.29) is 17.7 Å². The summed E-state index contributed by atoms with van der Waals surface area (Å²) in [6.45, 7) is 6.57. The Labute approximate surface area is 151 Å². The zero-order valence-corrected chi connectivity index (χ0v) is 15.9. The summed E-state index contributed by atoms with van der Waals surface area (Å²) in [6.07, 6.45) is 12.7. The van der Waals surface area contributed by atoms with Crippen LogP contribution in [-0.4, -0.2) is 17.0 Å². The minimum atomic E-state index is -0.745. The Balaban J connectivity index is 0.000000324. The number of amides is 1. The summed E-state index contributed by atoms with van der Waals surface area (Å²) in [5.41, 5.74) is 2.14. The van der Waals surface area contributed by atoms with Gasteiger partial charge in [-0.1, -0.05) is 33.3 Å². The maximum absolute atomic E-state index is 11.7. The molecule has 0 bridgehead atoms. The Morgan fingerprint density at radius 1 is 1.24 bits per heavy atom. The van der Waals surface area contributed by atoms with Crippen LogP contribution in [0, 0.1) is 28.6 Å². The van der Waals surface area contributed by atoms with Crippen molar-refractivity contribution in [2.75, 3.05) is 0 Å². The van der Waals surface area contributed by atoms with Crippen LogP contribution in [0.2, 0.25) is 0 Å². The summed E-state index contributed by atoms with van der Waals surface area (Å²) in [7, 11) is 0. The van der Waals surface area contributed by atoms with Crippen molar-refractivity contribution in [1.29, 1.82) is 0 Å². The first kappa shape index (κ1) is 18.5. The number of hydrogen-bond acceptors (Lipinski definition) is 2. The maximum atomic E-state index is 11.7. The number of carbonyl (C=O) groups is 2. The van der Waals surface area contributed by atoms with Crippen LogP contribution in [0.3, 0.4) is 0 Å². The van der Waals surface area contributed by atoms with Crippen LogP contribution >= 0.6 is 0 Å². The average Bonchev–Trinajstić information content (AvgIpc) is 2.98. The lowest BCUT2D eigenvalue weighted by Crippen LogP contribution is -2.52. The summed E-state index contributed by atoms with van der Waals surface area (Å²) >= 11 is 0. The maximum Gasteiger partial charge on any atom is 0.303 e. The smallest absolute Gasteiger partial charge is 0.303 e. The highest BCUT2D eigenvalue weighted by molar-refractivity contribution is 5.79. The average molecular weight is 347 g/mol. The zero-order chi connectivity index (χ0) is 18.2. The van der Waals surface area contributed by atoms with Gasteiger partial charge < -0.3 is 10.4 Å². The molecular formula is C21H33NO3. The molecule has 1 aliphatic heterocycles. The number of hydrogen-bond donors (Lipinski definition) is 2. The lowest BCUT2D eigenvalue weighted by Gasteiger charge is -2.56. The molecule has 1 amide bonds. The molecule has 140 valence electrons. The van der Waals surface area contributed by atoms with Gasteiger partial charge in [0.15, 0.2) is 0 Å². The molecule has 1 heterocycles. The number of rotatable bonds is 1. The van der Waals surface area contributed by atoms with E-state index < -0.39 is 5.97 Å². The number of fused-ring (bicyclic) bond motifs is 5. The molecule has 5 atom stereocenters. The summed E-state index contributed by atoms with van der Waals surface area (Å²) in [5.74, 6) is 2.10. The van der Waals surface area contributed by atoms with E-state index in [1.165, 1.54) is 44.2 Å². The predicted octanol–water partition coefficient (Wildman–Crippen LogP) is 4.50. The molecule has 2 saturated carbocycles. The first-order valence-electron chi connectivity index (χ1n) is 10.0. The van der Waals surface area contributed by atoms with E-state index >= 15 is 0 Å². The molecule has 3 aliphatic carbocycles. The van der Waals surface area contributed by atoms with E-state index in [4.69, 9.17) is 5.11 Å². The number of piperidine rings is 1. The first-order valence-corrected chi connectivity index (χ1v) is 10.0. The van der Waals surface area contributed by atoms with Crippen molar-refractivity contribution in [2.45, 2.75) is 78.6 Å². The number of carboxylic acid groups (broad SMARTS) is 1. The highest BCUT2D eigenvalue weighted by Crippen LogP contribution is 2.63. The highest BCUT2D eigenvalue weighted by atomic mass is 16.4. The highest BCUT2D eigenvalue weighted by Gasteiger charge is 2.55. The molecule has 4 nitrogen and oxygen atoms in total. The molecule has 3 unspecified atom stereocenters. The number of aliphatic carboxylic acids is 1. The van der Waals surface area contributed by atoms with Gasteiger partial charge in [-0.2, -0.15) is 0 Å². The van der Waals surface area contributed by atoms with Crippen molar-refractivity contribution in [1.82, 2.24) is 5.32 Å². The van der Waals surface area contributed by atoms with Crippen molar-refractivity contribution in [2.24, 2.45) is 28.6 Å². The van der Waals surface area contributed by atoms with E-state index in [0.717, 1.165) is 30.6 Å². The van der Waals surface area contributed by atoms with Gasteiger partial charge >= 0.3 is 5.97 Å². The Bertz CT molecular complexity index is 584. The Morgan fingerprint density at radius 2 is 1.96 bits per heavy atom. The van der Waals surface area contributed by atoms with Crippen LogP contribution in [0.25, 0.3) is 0 Å². The van der Waals surface area contributed by atoms with Gasteiger partial charge in [0.05, 0.1) is 0 Å². The van der Waals surface area contributed by atoms with Crippen LogP contribution in [0.5, 0.6) is 0 Å². The molecule has 0 aromatic carbocycles. The van der Waals surface area contributed by atoms with E-state index in [2.05, 4.69) is 25.2 Å². The van der Waals surface area contributed by atoms with E-state index in [1.807, 2.05) is 0 Å². The van der Waals surface area contributed by atoms with Gasteiger partial charge in [-0.05, 0) is 61.7 Å². The summed E-state index contributed by atoms with van der Waals surface area (Å²) in [6, 6.07) is 0. The topological polar surface area (TPSA) is 66.4 Å². The van der Waals surface area contributed by atoms with Crippen LogP contribution < -0.4 is 5.32 Å². The summed E-state index contributed by atoms with van der Waals surface area (Å²) in [4.78, 5) is 21.1. The van der Waals surface area contributed by atoms with Crippen LogP contribution in [0.15, 0.2) is 11.8 Å². The van der Waals surface area contributed by atoms with Gasteiger partial charge in [-0.25, -0.2) is 0 Å². The number of carbonyl (C=O) groups excluding carboxylic acids is 1. The minimum absolute atomic E-state index is 0.222. The molecule has 4 rings (SSSR count). The van der Waals surface area contributed by atoms with Crippen molar-refractivity contribution >= 4 is 11.9 Å². The second-order valence-electron chi connectivity index (χ2n) is 9.03. The molecule has 0 spiro atoms. The van der Waals surface area contributed by atoms with Crippen LogP contribution in [0.4, 0.5) is 0 Å². The molecule has 25 heavy (non-hydrogen) atoms. The van der Waals surface area contributed by atoms with Crippen LogP contribution in [0.1, 0.15) is 78.6 Å². The third kappa shape index (κ3) is 3.24. The minimum Gasteiger partial charge on any atom is -0.481 e. The molecule has 4 aliphatic rings. The molecule has 1 saturated heterocycles. The zero-order valence-electron chi connectivity index (χ0n) is 15.9. The van der Waals surface area contributed by atoms with Gasteiger partial charge in [0.2, 0.25) is 5.91 Å². The molecule has 4 heteroatoms. The monoisotopic (exact) mass is 347 g/mol. The molecule has 3 fully saturated rings. The fourth-order valence-electron chi connectivity index (χ4n) is 6.19. The SMILES string of the molecule is CCC(=O)O.C[C@@]12CCCC1C1CC=C3NC(=O)CC[C@]3(C)C1CC2. The van der Waals surface area contributed by atoms with E-state index in [0.29, 0.717) is 5.41 Å². The van der Waals surface area contributed by atoms with Crippen molar-refractivity contribution < 1.29 is 14.7 Å². The third-order valence-corrected chi connectivity index (χ3v) is 7.69. The Hall–Kier alpha value is -1.32.